The highest BCUT2D eigenvalue weighted by molar-refractivity contribution is 8.00. The van der Waals surface area contributed by atoms with Crippen LogP contribution in [-0.4, -0.2) is 11.2 Å². The molecule has 5 N–H and O–H groups in total. The Balaban J connectivity index is 2.43. The number of hydrogen-bond donors (Lipinski definition) is 3. The third kappa shape index (κ3) is 4.12. The largest absolute Gasteiger partial charge is 0.398 e. The lowest BCUT2D eigenvalue weighted by atomic mass is 10.2. The van der Waals surface area contributed by atoms with Crippen LogP contribution in [0.5, 0.6) is 0 Å². The van der Waals surface area contributed by atoms with Crippen LogP contribution in [0.1, 0.15) is 19.8 Å². The summed E-state index contributed by atoms with van der Waals surface area (Å²) < 4.78 is 0. The standard InChI is InChI=1S/C11H17N3OS/c1-8(6-7-11(15)14-13)16-10-5-3-2-4-9(10)12/h2-5,8H,6-7,12-13H2,1H3,(H,14,15). The minimum Gasteiger partial charge on any atom is -0.398 e. The highest BCUT2D eigenvalue weighted by atomic mass is 32.2. The maximum absolute atomic E-state index is 11.0. The molecule has 0 saturated carbocycles. The SMILES string of the molecule is CC(CCC(=O)NN)Sc1ccccc1N. The average Bonchev–Trinajstić information content (AvgIpc) is 2.29. The Morgan fingerprint density at radius 3 is 2.81 bits per heavy atom. The number of nitrogens with two attached hydrogens (primary N) is 2. The number of hydrazine groups is 1. The summed E-state index contributed by atoms with van der Waals surface area (Å²) in [6.07, 6.45) is 1.22. The molecule has 0 aliphatic carbocycles. The van der Waals surface area contributed by atoms with E-state index in [1.165, 1.54) is 0 Å². The molecular formula is C11H17N3OS. The predicted molar refractivity (Wildman–Crippen MR) is 67.7 cm³/mol. The molecule has 5 heteroatoms. The van der Waals surface area contributed by atoms with Crippen LogP contribution in [0.15, 0.2) is 29.2 Å². The summed E-state index contributed by atoms with van der Waals surface area (Å²) >= 11 is 1.68. The first kappa shape index (κ1) is 12.9. The number of para-hydroxylation sites is 1. The lowest BCUT2D eigenvalue weighted by molar-refractivity contribution is -0.121. The van der Waals surface area contributed by atoms with Crippen molar-refractivity contribution in [3.8, 4) is 0 Å². The second-order valence-corrected chi connectivity index (χ2v) is 5.05. The van der Waals surface area contributed by atoms with Crippen LogP contribution >= 0.6 is 11.8 Å². The normalized spacial score (nSPS) is 12.1. The molecule has 0 spiro atoms. The molecular weight excluding hydrogens is 222 g/mol. The molecule has 16 heavy (non-hydrogen) atoms. The first-order valence-corrected chi connectivity index (χ1v) is 6.02. The van der Waals surface area contributed by atoms with Crippen molar-refractivity contribution < 1.29 is 4.79 Å². The van der Waals surface area contributed by atoms with Gasteiger partial charge in [-0.15, -0.1) is 11.8 Å². The van der Waals surface area contributed by atoms with Crippen molar-refractivity contribution in [1.82, 2.24) is 5.43 Å². The average molecular weight is 239 g/mol. The highest BCUT2D eigenvalue weighted by Gasteiger charge is 2.08. The summed E-state index contributed by atoms with van der Waals surface area (Å²) in [4.78, 5) is 12.0. The number of rotatable bonds is 5. The van der Waals surface area contributed by atoms with Crippen LogP contribution in [0.4, 0.5) is 5.69 Å². The maximum Gasteiger partial charge on any atom is 0.233 e. The summed E-state index contributed by atoms with van der Waals surface area (Å²) in [5.74, 6) is 4.88. The van der Waals surface area contributed by atoms with Gasteiger partial charge in [-0.25, -0.2) is 5.84 Å². The quantitative estimate of drug-likeness (QED) is 0.239. The van der Waals surface area contributed by atoms with Gasteiger partial charge in [0, 0.05) is 22.3 Å². The van der Waals surface area contributed by atoms with Gasteiger partial charge in [-0.3, -0.25) is 10.2 Å². The van der Waals surface area contributed by atoms with E-state index >= 15 is 0 Å². The Hall–Kier alpha value is -1.20. The zero-order valence-electron chi connectivity index (χ0n) is 9.27. The Kier molecular flexibility index (Phi) is 5.14. The fraction of sp³-hybridized carbons (Fsp3) is 0.364. The van der Waals surface area contributed by atoms with E-state index in [4.69, 9.17) is 11.6 Å². The van der Waals surface area contributed by atoms with Gasteiger partial charge in [0.15, 0.2) is 0 Å². The van der Waals surface area contributed by atoms with E-state index in [0.717, 1.165) is 17.0 Å². The molecule has 1 amide bonds. The number of carbonyl (C=O) groups is 1. The number of benzene rings is 1. The molecule has 0 saturated heterocycles. The maximum atomic E-state index is 11.0. The highest BCUT2D eigenvalue weighted by Crippen LogP contribution is 2.30. The molecule has 0 bridgehead atoms. The van der Waals surface area contributed by atoms with Crippen LogP contribution in [0.3, 0.4) is 0 Å². The Bertz CT molecular complexity index is 357. The van der Waals surface area contributed by atoms with Gasteiger partial charge in [0.1, 0.15) is 0 Å². The van der Waals surface area contributed by atoms with Gasteiger partial charge >= 0.3 is 0 Å². The summed E-state index contributed by atoms with van der Waals surface area (Å²) in [6, 6.07) is 7.73. The molecule has 88 valence electrons. The minimum atomic E-state index is -0.131. The number of amides is 1. The Labute approximate surface area is 99.7 Å². The van der Waals surface area contributed by atoms with Crippen LogP contribution < -0.4 is 17.0 Å². The van der Waals surface area contributed by atoms with E-state index in [9.17, 15) is 4.79 Å². The second-order valence-electron chi connectivity index (χ2n) is 3.57. The number of hydrogen-bond acceptors (Lipinski definition) is 4. The molecule has 0 radical (unpaired) electrons. The van der Waals surface area contributed by atoms with Crippen LogP contribution in [0, 0.1) is 0 Å². The van der Waals surface area contributed by atoms with Crippen molar-refractivity contribution in [1.29, 1.82) is 0 Å². The number of carbonyl (C=O) groups excluding carboxylic acids is 1. The van der Waals surface area contributed by atoms with E-state index in [1.54, 1.807) is 11.8 Å². The van der Waals surface area contributed by atoms with Crippen molar-refractivity contribution >= 4 is 23.4 Å². The van der Waals surface area contributed by atoms with E-state index in [2.05, 4.69) is 12.3 Å². The smallest absolute Gasteiger partial charge is 0.233 e. The van der Waals surface area contributed by atoms with Crippen LogP contribution in [-0.2, 0) is 4.79 Å². The van der Waals surface area contributed by atoms with Crippen molar-refractivity contribution in [3.63, 3.8) is 0 Å². The molecule has 0 aliphatic heterocycles. The van der Waals surface area contributed by atoms with Gasteiger partial charge in [0.25, 0.3) is 0 Å². The molecule has 0 fully saturated rings. The fourth-order valence-electron chi connectivity index (χ4n) is 1.27. The summed E-state index contributed by atoms with van der Waals surface area (Å²) in [5.41, 5.74) is 8.73. The van der Waals surface area contributed by atoms with Crippen LogP contribution in [0.2, 0.25) is 0 Å². The number of nitrogen functional groups attached to an aromatic ring is 1. The lowest BCUT2D eigenvalue weighted by Crippen LogP contribution is -2.30. The Morgan fingerprint density at radius 2 is 2.19 bits per heavy atom. The lowest BCUT2D eigenvalue weighted by Gasteiger charge is -2.11. The molecule has 0 heterocycles. The monoisotopic (exact) mass is 239 g/mol. The molecule has 0 aromatic heterocycles. The van der Waals surface area contributed by atoms with Gasteiger partial charge in [0.05, 0.1) is 0 Å². The zero-order chi connectivity index (χ0) is 12.0. The summed E-state index contributed by atoms with van der Waals surface area (Å²) in [7, 11) is 0. The van der Waals surface area contributed by atoms with Gasteiger partial charge < -0.3 is 5.73 Å². The molecule has 1 aromatic rings. The molecule has 1 rings (SSSR count). The number of nitrogens with one attached hydrogen (secondary N) is 1. The van der Waals surface area contributed by atoms with Crippen molar-refractivity contribution in [2.45, 2.75) is 29.9 Å². The Morgan fingerprint density at radius 1 is 1.50 bits per heavy atom. The first-order chi connectivity index (χ1) is 7.63. The molecule has 1 unspecified atom stereocenters. The topological polar surface area (TPSA) is 81.1 Å². The van der Waals surface area contributed by atoms with Gasteiger partial charge in [0.2, 0.25) is 5.91 Å². The van der Waals surface area contributed by atoms with Gasteiger partial charge in [-0.05, 0) is 18.6 Å². The first-order valence-electron chi connectivity index (χ1n) is 5.14. The summed E-state index contributed by atoms with van der Waals surface area (Å²) in [6.45, 7) is 2.07. The predicted octanol–water partition coefficient (Wildman–Crippen LogP) is 1.52. The third-order valence-corrected chi connectivity index (χ3v) is 3.45. The van der Waals surface area contributed by atoms with E-state index in [-0.39, 0.29) is 5.91 Å². The molecule has 4 nitrogen and oxygen atoms in total. The third-order valence-electron chi connectivity index (χ3n) is 2.19. The van der Waals surface area contributed by atoms with Gasteiger partial charge in [-0.1, -0.05) is 19.1 Å². The number of anilines is 1. The molecule has 0 aliphatic rings. The van der Waals surface area contributed by atoms with Crippen molar-refractivity contribution in [3.05, 3.63) is 24.3 Å². The molecule has 1 aromatic carbocycles. The van der Waals surface area contributed by atoms with Crippen molar-refractivity contribution in [2.24, 2.45) is 5.84 Å². The van der Waals surface area contributed by atoms with Crippen molar-refractivity contribution in [2.75, 3.05) is 5.73 Å². The van der Waals surface area contributed by atoms with E-state index in [1.807, 2.05) is 24.3 Å². The minimum absolute atomic E-state index is 0.131. The van der Waals surface area contributed by atoms with Crippen LogP contribution in [0.25, 0.3) is 0 Å². The second kappa shape index (κ2) is 6.40. The fourth-order valence-corrected chi connectivity index (χ4v) is 2.30. The molecule has 1 atom stereocenters. The zero-order valence-corrected chi connectivity index (χ0v) is 10.1. The van der Waals surface area contributed by atoms with E-state index < -0.39 is 0 Å². The number of thioether (sulfide) groups is 1. The van der Waals surface area contributed by atoms with E-state index in [0.29, 0.717) is 11.7 Å². The summed E-state index contributed by atoms with van der Waals surface area (Å²) in [5, 5.41) is 0.335. The van der Waals surface area contributed by atoms with Gasteiger partial charge in [-0.2, -0.15) is 0 Å².